The molecule has 2 aromatic rings. The summed E-state index contributed by atoms with van der Waals surface area (Å²) < 4.78 is 43.9. The summed E-state index contributed by atoms with van der Waals surface area (Å²) in [7, 11) is 0. The van der Waals surface area contributed by atoms with E-state index in [9.17, 15) is 0 Å². The van der Waals surface area contributed by atoms with E-state index in [0.29, 0.717) is 50.4 Å². The Labute approximate surface area is 182 Å². The van der Waals surface area contributed by atoms with E-state index in [0.717, 1.165) is 31.4 Å². The van der Waals surface area contributed by atoms with Crippen LogP contribution in [0.2, 0.25) is 0 Å². The molecule has 0 aliphatic carbocycles. The molecule has 1 unspecified atom stereocenters. The molecule has 0 amide bonds. The summed E-state index contributed by atoms with van der Waals surface area (Å²) in [6.07, 6.45) is 3.46. The lowest BCUT2D eigenvalue weighted by atomic mass is 9.92. The lowest BCUT2D eigenvalue weighted by molar-refractivity contribution is -0.165. The predicted octanol–water partition coefficient (Wildman–Crippen LogP) is 4.56. The molecule has 2 saturated heterocycles. The third-order valence-electron chi connectivity index (χ3n) is 5.54. The Morgan fingerprint density at radius 3 is 2.61 bits per heavy atom. The van der Waals surface area contributed by atoms with Gasteiger partial charge in [-0.1, -0.05) is 30.3 Å². The topological polar surface area (TPSA) is 59.0 Å². The van der Waals surface area contributed by atoms with Gasteiger partial charge in [0.25, 0.3) is 0 Å². The number of hydrogen-bond acceptors (Lipinski definition) is 6. The minimum absolute atomic E-state index is 0.169. The molecule has 0 spiro atoms. The van der Waals surface area contributed by atoms with Crippen LogP contribution in [-0.2, 0) is 26.5 Å². The molecule has 168 valence electrons. The Bertz CT molecular complexity index is 807. The number of aromatic nitrogens is 1. The van der Waals surface area contributed by atoms with Gasteiger partial charge in [-0.25, -0.2) is 9.37 Å². The highest BCUT2D eigenvalue weighted by molar-refractivity contribution is 5.33. The normalized spacial score (nSPS) is 20.9. The van der Waals surface area contributed by atoms with E-state index < -0.39 is 5.67 Å². The second kappa shape index (κ2) is 10.9. The van der Waals surface area contributed by atoms with Crippen molar-refractivity contribution in [2.45, 2.75) is 50.7 Å². The monoisotopic (exact) mass is 431 g/mol. The van der Waals surface area contributed by atoms with Gasteiger partial charge >= 0.3 is 0 Å². The number of ether oxygens (including phenoxy) is 5. The largest absolute Gasteiger partial charge is 0.489 e. The van der Waals surface area contributed by atoms with Crippen LogP contribution in [0, 0.1) is 0 Å². The van der Waals surface area contributed by atoms with Gasteiger partial charge in [-0.2, -0.15) is 0 Å². The van der Waals surface area contributed by atoms with E-state index in [2.05, 4.69) is 4.98 Å². The van der Waals surface area contributed by atoms with E-state index in [1.807, 2.05) is 30.3 Å². The maximum atomic E-state index is 15.6. The summed E-state index contributed by atoms with van der Waals surface area (Å²) in [6, 6.07) is 13.2. The highest BCUT2D eigenvalue weighted by Gasteiger charge is 2.36. The Balaban J connectivity index is 1.41. The molecule has 6 nitrogen and oxygen atoms in total. The van der Waals surface area contributed by atoms with Gasteiger partial charge in [0.2, 0.25) is 5.88 Å². The average Bonchev–Trinajstić information content (AvgIpc) is 2.82. The molecule has 0 saturated carbocycles. The smallest absolute Gasteiger partial charge is 0.217 e. The van der Waals surface area contributed by atoms with Gasteiger partial charge in [-0.05, 0) is 24.8 Å². The van der Waals surface area contributed by atoms with Gasteiger partial charge in [0.15, 0.2) is 12.0 Å². The van der Waals surface area contributed by atoms with Crippen molar-refractivity contribution < 1.29 is 28.1 Å². The van der Waals surface area contributed by atoms with E-state index in [-0.39, 0.29) is 19.1 Å². The van der Waals surface area contributed by atoms with Crippen molar-refractivity contribution in [3.8, 4) is 11.6 Å². The summed E-state index contributed by atoms with van der Waals surface area (Å²) >= 11 is 0. The Morgan fingerprint density at radius 2 is 1.84 bits per heavy atom. The van der Waals surface area contributed by atoms with Crippen molar-refractivity contribution in [2.75, 3.05) is 33.0 Å². The third-order valence-corrected chi connectivity index (χ3v) is 5.54. The van der Waals surface area contributed by atoms with Crippen LogP contribution >= 0.6 is 0 Å². The summed E-state index contributed by atoms with van der Waals surface area (Å²) in [5, 5.41) is 0. The number of alkyl halides is 1. The van der Waals surface area contributed by atoms with Gasteiger partial charge in [0.1, 0.15) is 19.0 Å². The van der Waals surface area contributed by atoms with E-state index in [4.69, 9.17) is 23.7 Å². The van der Waals surface area contributed by atoms with Gasteiger partial charge in [-0.15, -0.1) is 0 Å². The molecule has 1 atom stereocenters. The minimum Gasteiger partial charge on any atom is -0.489 e. The van der Waals surface area contributed by atoms with E-state index >= 15 is 4.39 Å². The number of benzene rings is 1. The highest BCUT2D eigenvalue weighted by Crippen LogP contribution is 2.38. The molecule has 31 heavy (non-hydrogen) atoms. The molecule has 3 heterocycles. The van der Waals surface area contributed by atoms with Crippen LogP contribution in [0.15, 0.2) is 42.5 Å². The number of nitrogens with zero attached hydrogens (tertiary/aromatic N) is 1. The Kier molecular flexibility index (Phi) is 7.72. The summed E-state index contributed by atoms with van der Waals surface area (Å²) in [4.78, 5) is 4.45. The van der Waals surface area contributed by atoms with Gasteiger partial charge < -0.3 is 23.7 Å². The first-order valence-electron chi connectivity index (χ1n) is 11.0. The first kappa shape index (κ1) is 22.0. The second-order valence-electron chi connectivity index (χ2n) is 7.89. The number of halogens is 1. The fourth-order valence-corrected chi connectivity index (χ4v) is 3.73. The lowest BCUT2D eigenvalue weighted by Crippen LogP contribution is -2.30. The molecule has 4 rings (SSSR count). The van der Waals surface area contributed by atoms with Crippen molar-refractivity contribution in [3.63, 3.8) is 0 Å². The van der Waals surface area contributed by atoms with Crippen LogP contribution in [0.25, 0.3) is 0 Å². The van der Waals surface area contributed by atoms with E-state index in [1.165, 1.54) is 0 Å². The summed E-state index contributed by atoms with van der Waals surface area (Å²) in [5.74, 6) is 0.862. The van der Waals surface area contributed by atoms with Crippen LogP contribution in [0.1, 0.15) is 43.4 Å². The Hall–Kier alpha value is -2.22. The maximum absolute atomic E-state index is 15.6. The molecule has 0 radical (unpaired) electrons. The molecular weight excluding hydrogens is 401 g/mol. The van der Waals surface area contributed by atoms with Crippen molar-refractivity contribution in [2.24, 2.45) is 0 Å². The Morgan fingerprint density at radius 1 is 1.00 bits per heavy atom. The van der Waals surface area contributed by atoms with Gasteiger partial charge in [-0.3, -0.25) is 0 Å². The van der Waals surface area contributed by atoms with Crippen molar-refractivity contribution in [1.29, 1.82) is 0 Å². The van der Waals surface area contributed by atoms with Crippen LogP contribution in [0.5, 0.6) is 11.6 Å². The number of pyridine rings is 1. The van der Waals surface area contributed by atoms with Gasteiger partial charge in [0.05, 0.1) is 25.5 Å². The summed E-state index contributed by atoms with van der Waals surface area (Å²) in [5.41, 5.74) is -0.187. The molecule has 0 N–H and O–H groups in total. The fraction of sp³-hybridized carbons (Fsp3) is 0.542. The minimum atomic E-state index is -1.55. The average molecular weight is 432 g/mol. The fourth-order valence-electron chi connectivity index (χ4n) is 3.73. The summed E-state index contributed by atoms with van der Waals surface area (Å²) in [6.45, 7) is 2.55. The quantitative estimate of drug-likeness (QED) is 0.543. The molecular formula is C24H30FNO5. The molecule has 2 aliphatic heterocycles. The molecule has 7 heteroatoms. The zero-order valence-electron chi connectivity index (χ0n) is 17.8. The molecule has 1 aromatic carbocycles. The lowest BCUT2D eigenvalue weighted by Gasteiger charge is -2.29. The zero-order valence-corrected chi connectivity index (χ0v) is 17.8. The highest BCUT2D eigenvalue weighted by atomic mass is 19.1. The molecule has 0 bridgehead atoms. The molecule has 2 fully saturated rings. The standard InChI is InChI=1S/C24H30FNO5/c25-24(9-12-27-13-10-24)21-16-20(31-18-19-6-2-1-3-7-19)17-22(26-21)28-14-15-30-23-8-4-5-11-29-23/h1-3,6-7,16-17,23H,4-5,8-15,18H2. The maximum Gasteiger partial charge on any atom is 0.217 e. The molecule has 2 aliphatic rings. The molecule has 1 aromatic heterocycles. The first-order chi connectivity index (χ1) is 15.2. The third kappa shape index (κ3) is 6.38. The second-order valence-corrected chi connectivity index (χ2v) is 7.89. The van der Waals surface area contributed by atoms with Crippen LogP contribution in [0.4, 0.5) is 4.39 Å². The SMILES string of the molecule is FC1(c2cc(OCc3ccccc3)cc(OCCOC3CCCCO3)n2)CCOCC1. The number of hydrogen-bond donors (Lipinski definition) is 0. The van der Waals surface area contributed by atoms with Crippen LogP contribution < -0.4 is 9.47 Å². The van der Waals surface area contributed by atoms with Gasteiger partial charge in [0, 0.05) is 31.6 Å². The van der Waals surface area contributed by atoms with Crippen molar-refractivity contribution >= 4 is 0 Å². The van der Waals surface area contributed by atoms with Crippen molar-refractivity contribution in [3.05, 3.63) is 53.7 Å². The van der Waals surface area contributed by atoms with Crippen LogP contribution in [-0.4, -0.2) is 44.3 Å². The first-order valence-corrected chi connectivity index (χ1v) is 11.0. The van der Waals surface area contributed by atoms with E-state index in [1.54, 1.807) is 12.1 Å². The van der Waals surface area contributed by atoms with Crippen molar-refractivity contribution in [1.82, 2.24) is 4.98 Å². The van der Waals surface area contributed by atoms with Crippen LogP contribution in [0.3, 0.4) is 0 Å². The predicted molar refractivity (Wildman–Crippen MR) is 113 cm³/mol. The zero-order chi connectivity index (χ0) is 21.4. The number of rotatable bonds is 9.